The van der Waals surface area contributed by atoms with E-state index in [4.69, 9.17) is 0 Å². The smallest absolute Gasteiger partial charge is 0.307 e. The molecule has 2 heteroatoms. The molecular weight excluding hydrogens is 260 g/mol. The van der Waals surface area contributed by atoms with Crippen molar-refractivity contribution < 1.29 is 9.90 Å². The number of carbonyl (C=O) groups is 1. The van der Waals surface area contributed by atoms with E-state index in [0.717, 1.165) is 6.42 Å². The summed E-state index contributed by atoms with van der Waals surface area (Å²) in [5.41, 5.74) is 2.07. The Labute approximate surface area is 127 Å². The molecule has 3 unspecified atom stereocenters. The van der Waals surface area contributed by atoms with Crippen molar-refractivity contribution in [3.8, 4) is 0 Å². The van der Waals surface area contributed by atoms with Gasteiger partial charge in [-0.05, 0) is 37.2 Å². The maximum absolute atomic E-state index is 11.7. The molecule has 1 aliphatic carbocycles. The largest absolute Gasteiger partial charge is 0.481 e. The average Bonchev–Trinajstić information content (AvgIpc) is 2.84. The third kappa shape index (κ3) is 2.64. The number of hydrogen-bond donors (Lipinski definition) is 1. The van der Waals surface area contributed by atoms with Crippen LogP contribution in [0.3, 0.4) is 0 Å². The van der Waals surface area contributed by atoms with Crippen LogP contribution in [0.15, 0.2) is 42.0 Å². The van der Waals surface area contributed by atoms with Gasteiger partial charge in [0.1, 0.15) is 0 Å². The second-order valence-electron chi connectivity index (χ2n) is 7.27. The van der Waals surface area contributed by atoms with Crippen LogP contribution >= 0.6 is 0 Å². The van der Waals surface area contributed by atoms with E-state index in [2.05, 4.69) is 52.8 Å². The van der Waals surface area contributed by atoms with Gasteiger partial charge in [-0.2, -0.15) is 0 Å². The fourth-order valence-corrected chi connectivity index (χ4v) is 4.05. The summed E-state index contributed by atoms with van der Waals surface area (Å²) >= 11 is 0. The van der Waals surface area contributed by atoms with Crippen molar-refractivity contribution in [3.05, 3.63) is 47.5 Å². The second kappa shape index (κ2) is 5.32. The zero-order valence-electron chi connectivity index (χ0n) is 13.7. The summed E-state index contributed by atoms with van der Waals surface area (Å²) in [6.07, 6.45) is 3.08. The van der Waals surface area contributed by atoms with Crippen LogP contribution in [0.1, 0.15) is 52.5 Å². The molecule has 1 N–H and O–H groups in total. The number of aliphatic carboxylic acids is 1. The van der Waals surface area contributed by atoms with Gasteiger partial charge in [-0.25, -0.2) is 0 Å². The van der Waals surface area contributed by atoms with Gasteiger partial charge in [0.25, 0.3) is 0 Å². The van der Waals surface area contributed by atoms with Crippen LogP contribution in [-0.4, -0.2) is 11.1 Å². The Bertz CT molecular complexity index is 552. The summed E-state index contributed by atoms with van der Waals surface area (Å²) in [4.78, 5) is 11.7. The van der Waals surface area contributed by atoms with Gasteiger partial charge in [-0.15, -0.1) is 0 Å². The Morgan fingerprint density at radius 2 is 1.86 bits per heavy atom. The van der Waals surface area contributed by atoms with Gasteiger partial charge in [-0.3, -0.25) is 4.79 Å². The molecule has 1 aliphatic rings. The molecule has 1 aromatic carbocycles. The summed E-state index contributed by atoms with van der Waals surface area (Å²) in [5.74, 6) is -0.603. The number of carboxylic acid groups (broad SMARTS) is 1. The van der Waals surface area contributed by atoms with Gasteiger partial charge >= 0.3 is 5.97 Å². The van der Waals surface area contributed by atoms with Crippen LogP contribution in [0.4, 0.5) is 0 Å². The van der Waals surface area contributed by atoms with Crippen molar-refractivity contribution >= 4 is 5.97 Å². The summed E-state index contributed by atoms with van der Waals surface area (Å²) < 4.78 is 0. The van der Waals surface area contributed by atoms with Gasteiger partial charge in [0, 0.05) is 5.41 Å². The van der Waals surface area contributed by atoms with E-state index in [0.29, 0.717) is 5.92 Å². The van der Waals surface area contributed by atoms with Crippen LogP contribution in [0.2, 0.25) is 0 Å². The van der Waals surface area contributed by atoms with E-state index in [9.17, 15) is 9.90 Å². The van der Waals surface area contributed by atoms with Crippen LogP contribution in [0, 0.1) is 16.7 Å². The zero-order chi connectivity index (χ0) is 15.8. The molecule has 0 amide bonds. The molecule has 2 nitrogen and oxygen atoms in total. The highest BCUT2D eigenvalue weighted by molar-refractivity contribution is 5.78. The lowest BCUT2D eigenvalue weighted by Crippen LogP contribution is -2.13. The SMILES string of the molecule is CC(C)=CC1(CC(C)c2ccccc2)C(C(=O)O)C1(C)C. The second-order valence-corrected chi connectivity index (χ2v) is 7.27. The zero-order valence-corrected chi connectivity index (χ0v) is 13.7. The minimum atomic E-state index is -0.669. The molecule has 0 radical (unpaired) electrons. The molecule has 2 rings (SSSR count). The first-order valence-electron chi connectivity index (χ1n) is 7.66. The normalized spacial score (nSPS) is 27.8. The maximum atomic E-state index is 11.7. The molecule has 1 aromatic rings. The average molecular weight is 286 g/mol. The lowest BCUT2D eigenvalue weighted by molar-refractivity contribution is -0.139. The van der Waals surface area contributed by atoms with Gasteiger partial charge in [-0.1, -0.05) is 62.8 Å². The molecule has 0 aliphatic heterocycles. The first-order valence-corrected chi connectivity index (χ1v) is 7.66. The molecule has 0 heterocycles. The molecule has 0 saturated heterocycles. The fourth-order valence-electron chi connectivity index (χ4n) is 4.05. The van der Waals surface area contributed by atoms with Crippen LogP contribution in [-0.2, 0) is 4.79 Å². The Morgan fingerprint density at radius 1 is 1.29 bits per heavy atom. The van der Waals surface area contributed by atoms with E-state index in [-0.39, 0.29) is 16.7 Å². The lowest BCUT2D eigenvalue weighted by atomic mass is 9.82. The van der Waals surface area contributed by atoms with Gasteiger partial charge in [0.05, 0.1) is 5.92 Å². The van der Waals surface area contributed by atoms with E-state index >= 15 is 0 Å². The van der Waals surface area contributed by atoms with E-state index in [1.165, 1.54) is 11.1 Å². The third-order valence-corrected chi connectivity index (χ3v) is 5.16. The first-order chi connectivity index (χ1) is 9.72. The van der Waals surface area contributed by atoms with E-state index in [1.807, 2.05) is 18.2 Å². The van der Waals surface area contributed by atoms with Crippen LogP contribution < -0.4 is 0 Å². The molecular formula is C19H26O2. The molecule has 114 valence electrons. The molecule has 1 fully saturated rings. The number of allylic oxidation sites excluding steroid dienone is 2. The van der Waals surface area contributed by atoms with E-state index in [1.54, 1.807) is 0 Å². The molecule has 0 spiro atoms. The van der Waals surface area contributed by atoms with Crippen molar-refractivity contribution in [2.24, 2.45) is 16.7 Å². The minimum Gasteiger partial charge on any atom is -0.481 e. The van der Waals surface area contributed by atoms with Crippen molar-refractivity contribution in [1.82, 2.24) is 0 Å². The van der Waals surface area contributed by atoms with Crippen LogP contribution in [0.5, 0.6) is 0 Å². The topological polar surface area (TPSA) is 37.3 Å². The van der Waals surface area contributed by atoms with Crippen molar-refractivity contribution in [2.45, 2.75) is 47.0 Å². The monoisotopic (exact) mass is 286 g/mol. The lowest BCUT2D eigenvalue weighted by Gasteiger charge is -2.22. The molecule has 0 aromatic heterocycles. The quantitative estimate of drug-likeness (QED) is 0.784. The maximum Gasteiger partial charge on any atom is 0.307 e. The van der Waals surface area contributed by atoms with Gasteiger partial charge in [0.15, 0.2) is 0 Å². The number of benzene rings is 1. The van der Waals surface area contributed by atoms with Gasteiger partial charge < -0.3 is 5.11 Å². The molecule has 21 heavy (non-hydrogen) atoms. The molecule has 1 saturated carbocycles. The fraction of sp³-hybridized carbons (Fsp3) is 0.526. The van der Waals surface area contributed by atoms with Gasteiger partial charge in [0.2, 0.25) is 0 Å². The first kappa shape index (κ1) is 15.8. The Morgan fingerprint density at radius 3 is 2.29 bits per heavy atom. The Hall–Kier alpha value is -1.57. The highest BCUT2D eigenvalue weighted by Gasteiger charge is 2.72. The molecule has 0 bridgehead atoms. The summed E-state index contributed by atoms with van der Waals surface area (Å²) in [7, 11) is 0. The summed E-state index contributed by atoms with van der Waals surface area (Å²) in [6.45, 7) is 10.5. The van der Waals surface area contributed by atoms with Crippen LogP contribution in [0.25, 0.3) is 0 Å². The van der Waals surface area contributed by atoms with E-state index < -0.39 is 5.97 Å². The highest BCUT2D eigenvalue weighted by atomic mass is 16.4. The summed E-state index contributed by atoms with van der Waals surface area (Å²) in [6, 6.07) is 10.4. The highest BCUT2D eigenvalue weighted by Crippen LogP contribution is 2.73. The minimum absolute atomic E-state index is 0.181. The summed E-state index contributed by atoms with van der Waals surface area (Å²) in [5, 5.41) is 9.59. The van der Waals surface area contributed by atoms with Crippen molar-refractivity contribution in [1.29, 1.82) is 0 Å². The molecule has 3 atom stereocenters. The Kier molecular flexibility index (Phi) is 4.01. The number of carboxylic acids is 1. The Balaban J connectivity index is 2.32. The third-order valence-electron chi connectivity index (χ3n) is 5.16. The number of hydrogen-bond acceptors (Lipinski definition) is 1. The predicted molar refractivity (Wildman–Crippen MR) is 86.2 cm³/mol. The van der Waals surface area contributed by atoms with Crippen molar-refractivity contribution in [2.75, 3.05) is 0 Å². The predicted octanol–water partition coefficient (Wildman–Crippen LogP) is 4.87. The van der Waals surface area contributed by atoms with Crippen molar-refractivity contribution in [3.63, 3.8) is 0 Å². The standard InChI is InChI=1S/C19H26O2/c1-13(2)11-19(16(17(20)21)18(19,4)5)12-14(3)15-9-7-6-8-10-15/h6-11,14,16H,12H2,1-5H3,(H,20,21). The number of rotatable bonds is 5.